The van der Waals surface area contributed by atoms with Gasteiger partial charge in [0.05, 0.1) is 6.20 Å². The Balaban J connectivity index is 1.99. The van der Waals surface area contributed by atoms with Gasteiger partial charge in [-0.3, -0.25) is 9.89 Å². The summed E-state index contributed by atoms with van der Waals surface area (Å²) in [6.07, 6.45) is 3.63. The number of rotatable bonds is 1. The SMILES string of the molecule is CC(C)(C)C1CCN(C(=O)c2cn[nH]c2N)CC1. The van der Waals surface area contributed by atoms with Crippen LogP contribution in [0.3, 0.4) is 0 Å². The number of nitrogens with two attached hydrogens (primary N) is 1. The van der Waals surface area contributed by atoms with Crippen LogP contribution in [-0.2, 0) is 0 Å². The maximum Gasteiger partial charge on any atom is 0.259 e. The first-order valence-corrected chi connectivity index (χ1v) is 6.47. The van der Waals surface area contributed by atoms with Gasteiger partial charge in [0.15, 0.2) is 0 Å². The average Bonchev–Trinajstić information content (AvgIpc) is 2.73. The first-order valence-electron chi connectivity index (χ1n) is 6.47. The van der Waals surface area contributed by atoms with Crippen molar-refractivity contribution in [3.8, 4) is 0 Å². The quantitative estimate of drug-likeness (QED) is 0.799. The molecule has 5 nitrogen and oxygen atoms in total. The lowest BCUT2D eigenvalue weighted by Gasteiger charge is -2.38. The zero-order chi connectivity index (χ0) is 13.3. The van der Waals surface area contributed by atoms with Gasteiger partial charge in [-0.2, -0.15) is 5.10 Å². The molecule has 18 heavy (non-hydrogen) atoms. The van der Waals surface area contributed by atoms with Crippen LogP contribution in [0.15, 0.2) is 6.20 Å². The molecule has 0 atom stereocenters. The Bertz CT molecular complexity index is 424. The molecule has 1 aromatic rings. The Morgan fingerprint density at radius 3 is 2.50 bits per heavy atom. The Morgan fingerprint density at radius 2 is 2.06 bits per heavy atom. The number of carbonyl (C=O) groups is 1. The lowest BCUT2D eigenvalue weighted by Crippen LogP contribution is -2.41. The number of anilines is 1. The molecule has 1 fully saturated rings. The van der Waals surface area contributed by atoms with E-state index in [-0.39, 0.29) is 5.91 Å². The molecule has 1 aliphatic heterocycles. The Kier molecular flexibility index (Phi) is 3.32. The average molecular weight is 250 g/mol. The van der Waals surface area contributed by atoms with Crippen molar-refractivity contribution in [2.24, 2.45) is 11.3 Å². The number of amides is 1. The second-order valence-electron chi connectivity index (χ2n) is 6.13. The van der Waals surface area contributed by atoms with Crippen LogP contribution in [0.1, 0.15) is 44.0 Å². The zero-order valence-corrected chi connectivity index (χ0v) is 11.4. The largest absolute Gasteiger partial charge is 0.383 e. The van der Waals surface area contributed by atoms with E-state index in [9.17, 15) is 4.79 Å². The van der Waals surface area contributed by atoms with E-state index in [1.807, 2.05) is 4.90 Å². The number of aromatic amines is 1. The van der Waals surface area contributed by atoms with Crippen molar-refractivity contribution >= 4 is 11.7 Å². The van der Waals surface area contributed by atoms with E-state index in [4.69, 9.17) is 5.73 Å². The molecular formula is C13H22N4O. The van der Waals surface area contributed by atoms with E-state index in [1.165, 1.54) is 6.20 Å². The molecule has 1 aliphatic rings. The van der Waals surface area contributed by atoms with Gasteiger partial charge in [-0.05, 0) is 24.2 Å². The third kappa shape index (κ3) is 2.49. The summed E-state index contributed by atoms with van der Waals surface area (Å²) in [4.78, 5) is 14.1. The smallest absolute Gasteiger partial charge is 0.259 e. The third-order valence-electron chi connectivity index (χ3n) is 3.91. The van der Waals surface area contributed by atoms with Crippen LogP contribution in [0.2, 0.25) is 0 Å². The molecule has 2 rings (SSSR count). The van der Waals surface area contributed by atoms with Crippen LogP contribution >= 0.6 is 0 Å². The normalized spacial score (nSPS) is 18.1. The van der Waals surface area contributed by atoms with Gasteiger partial charge in [0, 0.05) is 13.1 Å². The zero-order valence-electron chi connectivity index (χ0n) is 11.4. The highest BCUT2D eigenvalue weighted by atomic mass is 16.2. The van der Waals surface area contributed by atoms with E-state index in [1.54, 1.807) is 0 Å². The van der Waals surface area contributed by atoms with Crippen LogP contribution in [0.25, 0.3) is 0 Å². The summed E-state index contributed by atoms with van der Waals surface area (Å²) in [5.41, 5.74) is 6.49. The van der Waals surface area contributed by atoms with Crippen LogP contribution in [0.4, 0.5) is 5.82 Å². The van der Waals surface area contributed by atoms with Gasteiger partial charge in [0.1, 0.15) is 11.4 Å². The number of carbonyl (C=O) groups excluding carboxylic acids is 1. The van der Waals surface area contributed by atoms with Crippen LogP contribution in [0, 0.1) is 11.3 Å². The van der Waals surface area contributed by atoms with Crippen LogP contribution < -0.4 is 5.73 Å². The molecule has 0 aromatic carbocycles. The standard InChI is InChI=1S/C13H22N4O/c1-13(2,3)9-4-6-17(7-5-9)12(18)10-8-15-16-11(10)14/h8-9H,4-7H2,1-3H3,(H3,14,15,16). The number of nitrogens with zero attached hydrogens (tertiary/aromatic N) is 2. The predicted octanol–water partition coefficient (Wildman–Crippen LogP) is 1.89. The van der Waals surface area contributed by atoms with E-state index in [0.29, 0.717) is 22.7 Å². The van der Waals surface area contributed by atoms with Crippen molar-refractivity contribution in [3.05, 3.63) is 11.8 Å². The van der Waals surface area contributed by atoms with Gasteiger partial charge >= 0.3 is 0 Å². The molecule has 3 N–H and O–H groups in total. The molecule has 1 aromatic heterocycles. The predicted molar refractivity (Wildman–Crippen MR) is 71.1 cm³/mol. The molecule has 1 amide bonds. The van der Waals surface area contributed by atoms with Gasteiger partial charge in [-0.25, -0.2) is 0 Å². The molecule has 0 spiro atoms. The summed E-state index contributed by atoms with van der Waals surface area (Å²) in [5, 5.41) is 6.40. The van der Waals surface area contributed by atoms with E-state index >= 15 is 0 Å². The van der Waals surface area contributed by atoms with Gasteiger partial charge in [-0.1, -0.05) is 20.8 Å². The van der Waals surface area contributed by atoms with Crippen molar-refractivity contribution in [2.75, 3.05) is 18.8 Å². The number of aromatic nitrogens is 2. The second kappa shape index (κ2) is 4.63. The lowest BCUT2D eigenvalue weighted by atomic mass is 9.75. The molecule has 0 aliphatic carbocycles. The van der Waals surface area contributed by atoms with Gasteiger partial charge < -0.3 is 10.6 Å². The van der Waals surface area contributed by atoms with Gasteiger partial charge in [0.2, 0.25) is 0 Å². The highest BCUT2D eigenvalue weighted by molar-refractivity contribution is 5.98. The summed E-state index contributed by atoms with van der Waals surface area (Å²) in [6.45, 7) is 8.42. The van der Waals surface area contributed by atoms with Crippen molar-refractivity contribution in [2.45, 2.75) is 33.6 Å². The molecule has 2 heterocycles. The van der Waals surface area contributed by atoms with Crippen LogP contribution in [-0.4, -0.2) is 34.1 Å². The van der Waals surface area contributed by atoms with Crippen molar-refractivity contribution < 1.29 is 4.79 Å². The Labute approximate surface area is 108 Å². The first-order chi connectivity index (χ1) is 8.39. The Morgan fingerprint density at radius 1 is 1.44 bits per heavy atom. The maximum atomic E-state index is 12.2. The van der Waals surface area contributed by atoms with Crippen molar-refractivity contribution in [1.82, 2.24) is 15.1 Å². The fraction of sp³-hybridized carbons (Fsp3) is 0.692. The molecule has 0 saturated carbocycles. The summed E-state index contributed by atoms with van der Waals surface area (Å²) >= 11 is 0. The minimum absolute atomic E-state index is 0.00592. The van der Waals surface area contributed by atoms with Crippen molar-refractivity contribution in [1.29, 1.82) is 0 Å². The topological polar surface area (TPSA) is 75.0 Å². The number of nitrogens with one attached hydrogen (secondary N) is 1. The highest BCUT2D eigenvalue weighted by Gasteiger charge is 2.31. The van der Waals surface area contributed by atoms with Crippen molar-refractivity contribution in [3.63, 3.8) is 0 Å². The van der Waals surface area contributed by atoms with Gasteiger partial charge in [0.25, 0.3) is 5.91 Å². The number of H-pyrrole nitrogens is 1. The Hall–Kier alpha value is -1.52. The van der Waals surface area contributed by atoms with Gasteiger partial charge in [-0.15, -0.1) is 0 Å². The molecule has 0 radical (unpaired) electrons. The molecule has 100 valence electrons. The summed E-state index contributed by atoms with van der Waals surface area (Å²) < 4.78 is 0. The number of likely N-dealkylation sites (tertiary alicyclic amines) is 1. The molecule has 5 heteroatoms. The fourth-order valence-corrected chi connectivity index (χ4v) is 2.59. The number of nitrogen functional groups attached to an aromatic ring is 1. The van der Waals surface area contributed by atoms with E-state index in [0.717, 1.165) is 25.9 Å². The summed E-state index contributed by atoms with van der Waals surface area (Å²) in [7, 11) is 0. The minimum atomic E-state index is -0.00592. The second-order valence-corrected chi connectivity index (χ2v) is 6.13. The highest BCUT2D eigenvalue weighted by Crippen LogP contribution is 2.34. The number of piperidine rings is 1. The monoisotopic (exact) mass is 250 g/mol. The molecule has 0 bridgehead atoms. The summed E-state index contributed by atoms with van der Waals surface area (Å²) in [5.74, 6) is 1.04. The fourth-order valence-electron chi connectivity index (χ4n) is 2.59. The molecule has 1 saturated heterocycles. The van der Waals surface area contributed by atoms with E-state index < -0.39 is 0 Å². The molecule has 0 unspecified atom stereocenters. The first kappa shape index (κ1) is 12.9. The van der Waals surface area contributed by atoms with E-state index in [2.05, 4.69) is 31.0 Å². The lowest BCUT2D eigenvalue weighted by molar-refractivity contribution is 0.0610. The minimum Gasteiger partial charge on any atom is -0.383 e. The molecular weight excluding hydrogens is 228 g/mol. The number of hydrogen-bond donors (Lipinski definition) is 2. The summed E-state index contributed by atoms with van der Waals surface area (Å²) in [6, 6.07) is 0. The third-order valence-corrected chi connectivity index (χ3v) is 3.91. The maximum absolute atomic E-state index is 12.2. The van der Waals surface area contributed by atoms with Crippen LogP contribution in [0.5, 0.6) is 0 Å². The number of hydrogen-bond acceptors (Lipinski definition) is 3.